The van der Waals surface area contributed by atoms with Gasteiger partial charge < -0.3 is 15.6 Å². The topological polar surface area (TPSA) is 69.2 Å². The van der Waals surface area contributed by atoms with Gasteiger partial charge in [-0.2, -0.15) is 16.7 Å². The van der Waals surface area contributed by atoms with E-state index in [1.165, 1.54) is 17.5 Å². The molecule has 1 aliphatic heterocycles. The summed E-state index contributed by atoms with van der Waals surface area (Å²) in [6, 6.07) is 15.0. The number of benzene rings is 2. The van der Waals surface area contributed by atoms with Crippen molar-refractivity contribution in [2.24, 2.45) is 0 Å². The molecule has 8 heteroatoms. The molecule has 4 rings (SSSR count). The number of nitrogens with zero attached hydrogens (tertiary/aromatic N) is 5. The Morgan fingerprint density at radius 3 is 2.90 bits per heavy atom. The maximum atomic E-state index is 4.60. The largest absolute Gasteiger partial charge is 0.324 e. The predicted octanol–water partition coefficient (Wildman–Crippen LogP) is 4.58. The van der Waals surface area contributed by atoms with Gasteiger partial charge in [0, 0.05) is 31.2 Å². The maximum absolute atomic E-state index is 4.60. The van der Waals surface area contributed by atoms with Crippen molar-refractivity contribution in [3.63, 3.8) is 0 Å². The van der Waals surface area contributed by atoms with E-state index in [9.17, 15) is 0 Å². The number of hydrogen-bond acceptors (Lipinski definition) is 8. The Balaban J connectivity index is 1.54. The number of thioether (sulfide) groups is 1. The van der Waals surface area contributed by atoms with E-state index in [0.717, 1.165) is 22.8 Å². The lowest BCUT2D eigenvalue weighted by Gasteiger charge is -2.18. The lowest BCUT2D eigenvalue weighted by Crippen LogP contribution is -2.20. The summed E-state index contributed by atoms with van der Waals surface area (Å²) in [5.41, 5.74) is 9.03. The van der Waals surface area contributed by atoms with Gasteiger partial charge >= 0.3 is 0 Å². The van der Waals surface area contributed by atoms with E-state index in [1.54, 1.807) is 11.8 Å². The number of rotatable bonds is 6. The van der Waals surface area contributed by atoms with Crippen LogP contribution in [0.4, 0.5) is 29.0 Å². The molecular formula is C21H25N7S. The van der Waals surface area contributed by atoms with Gasteiger partial charge in [0.05, 0.1) is 11.7 Å². The van der Waals surface area contributed by atoms with Gasteiger partial charge in [0.2, 0.25) is 11.9 Å². The molecule has 1 unspecified atom stereocenters. The minimum atomic E-state index is 0.346. The SMILES string of the molecule is CSCc1cccc(Nc2ncnc(N(C)c3ccc4c(c3)NN(C)C4C)n2)c1. The molecule has 0 radical (unpaired) electrons. The molecule has 0 aliphatic carbocycles. The monoisotopic (exact) mass is 407 g/mol. The first-order valence-electron chi connectivity index (χ1n) is 9.46. The van der Waals surface area contributed by atoms with Crippen LogP contribution in [-0.4, -0.2) is 40.3 Å². The molecule has 0 bridgehead atoms. The van der Waals surface area contributed by atoms with Gasteiger partial charge in [0.25, 0.3) is 0 Å². The molecule has 1 atom stereocenters. The average molecular weight is 408 g/mol. The average Bonchev–Trinajstić information content (AvgIpc) is 3.01. The zero-order valence-electron chi connectivity index (χ0n) is 17.0. The van der Waals surface area contributed by atoms with E-state index in [-0.39, 0.29) is 0 Å². The molecule has 0 saturated heterocycles. The molecule has 0 saturated carbocycles. The van der Waals surface area contributed by atoms with Crippen LogP contribution in [0.5, 0.6) is 0 Å². The second kappa shape index (κ2) is 8.26. The highest BCUT2D eigenvalue weighted by molar-refractivity contribution is 7.97. The van der Waals surface area contributed by atoms with Crippen LogP contribution >= 0.6 is 11.8 Å². The van der Waals surface area contributed by atoms with Crippen molar-refractivity contribution in [2.45, 2.75) is 18.7 Å². The van der Waals surface area contributed by atoms with Crippen LogP contribution in [-0.2, 0) is 5.75 Å². The summed E-state index contributed by atoms with van der Waals surface area (Å²) in [6.45, 7) is 2.18. The van der Waals surface area contributed by atoms with E-state index in [4.69, 9.17) is 0 Å². The maximum Gasteiger partial charge on any atom is 0.234 e. The number of fused-ring (bicyclic) bond motifs is 1. The molecule has 2 aromatic carbocycles. The third-order valence-corrected chi connectivity index (χ3v) is 5.73. The minimum Gasteiger partial charge on any atom is -0.324 e. The summed E-state index contributed by atoms with van der Waals surface area (Å²) in [6.07, 6.45) is 3.63. The van der Waals surface area contributed by atoms with Crippen molar-refractivity contribution in [3.05, 3.63) is 59.9 Å². The van der Waals surface area contributed by atoms with Gasteiger partial charge in [-0.05, 0) is 48.6 Å². The van der Waals surface area contributed by atoms with Crippen LogP contribution in [0.2, 0.25) is 0 Å². The van der Waals surface area contributed by atoms with Crippen LogP contribution in [0.3, 0.4) is 0 Å². The number of anilines is 5. The van der Waals surface area contributed by atoms with E-state index in [2.05, 4.69) is 74.2 Å². The number of hydrogen-bond donors (Lipinski definition) is 2. The van der Waals surface area contributed by atoms with Crippen molar-refractivity contribution in [1.82, 2.24) is 20.0 Å². The number of nitrogens with one attached hydrogen (secondary N) is 2. The molecule has 7 nitrogen and oxygen atoms in total. The Morgan fingerprint density at radius 2 is 2.07 bits per heavy atom. The Bertz CT molecular complexity index is 1010. The van der Waals surface area contributed by atoms with E-state index in [1.807, 2.05) is 31.1 Å². The van der Waals surface area contributed by atoms with Gasteiger partial charge in [-0.15, -0.1) is 0 Å². The molecule has 0 spiro atoms. The standard InChI is InChI=1S/C21H25N7S/c1-14-18-9-8-17(11-19(18)26-28(14)3)27(2)21-23-13-22-20(25-21)24-16-7-5-6-15(10-16)12-29-4/h5-11,13-14,26H,12H2,1-4H3,(H,22,23,24,25). The Morgan fingerprint density at radius 1 is 1.21 bits per heavy atom. The summed E-state index contributed by atoms with van der Waals surface area (Å²) in [7, 11) is 4.01. The minimum absolute atomic E-state index is 0.346. The molecule has 1 aliphatic rings. The summed E-state index contributed by atoms with van der Waals surface area (Å²) in [4.78, 5) is 15.2. The molecule has 29 heavy (non-hydrogen) atoms. The van der Waals surface area contributed by atoms with Crippen LogP contribution in [0.1, 0.15) is 24.1 Å². The van der Waals surface area contributed by atoms with E-state index < -0.39 is 0 Å². The van der Waals surface area contributed by atoms with E-state index in [0.29, 0.717) is 17.9 Å². The van der Waals surface area contributed by atoms with Gasteiger partial charge in [-0.25, -0.2) is 15.0 Å². The second-order valence-corrected chi connectivity index (χ2v) is 7.96. The Hall–Kier alpha value is -2.84. The second-order valence-electron chi connectivity index (χ2n) is 7.10. The predicted molar refractivity (Wildman–Crippen MR) is 121 cm³/mol. The zero-order valence-corrected chi connectivity index (χ0v) is 17.9. The fourth-order valence-corrected chi connectivity index (χ4v) is 3.88. The molecule has 150 valence electrons. The lowest BCUT2D eigenvalue weighted by molar-refractivity contribution is 0.342. The van der Waals surface area contributed by atoms with Crippen LogP contribution in [0, 0.1) is 0 Å². The molecule has 1 aromatic heterocycles. The molecule has 0 fully saturated rings. The first-order valence-corrected chi connectivity index (χ1v) is 10.9. The van der Waals surface area contributed by atoms with Gasteiger partial charge in [0.15, 0.2) is 0 Å². The molecule has 2 heterocycles. The van der Waals surface area contributed by atoms with Crippen LogP contribution in [0.15, 0.2) is 48.8 Å². The first kappa shape index (κ1) is 19.5. The highest BCUT2D eigenvalue weighted by Crippen LogP contribution is 2.36. The van der Waals surface area contributed by atoms with Gasteiger partial charge in [-0.1, -0.05) is 18.2 Å². The van der Waals surface area contributed by atoms with E-state index >= 15 is 0 Å². The van der Waals surface area contributed by atoms with Crippen molar-refractivity contribution in [1.29, 1.82) is 0 Å². The summed E-state index contributed by atoms with van der Waals surface area (Å²) >= 11 is 1.80. The van der Waals surface area contributed by atoms with Crippen LogP contribution in [0.25, 0.3) is 0 Å². The fraction of sp³-hybridized carbons (Fsp3) is 0.286. The number of aromatic nitrogens is 3. The van der Waals surface area contributed by atoms with Crippen molar-refractivity contribution in [3.8, 4) is 0 Å². The fourth-order valence-electron chi connectivity index (χ4n) is 3.37. The zero-order chi connectivity index (χ0) is 20.4. The van der Waals surface area contributed by atoms with Crippen LogP contribution < -0.4 is 15.6 Å². The smallest absolute Gasteiger partial charge is 0.234 e. The van der Waals surface area contributed by atoms with Crippen molar-refractivity contribution >= 4 is 40.7 Å². The Kier molecular flexibility index (Phi) is 5.55. The third kappa shape index (κ3) is 4.13. The molecule has 2 N–H and O–H groups in total. The summed E-state index contributed by atoms with van der Waals surface area (Å²) in [5.74, 6) is 2.08. The first-order chi connectivity index (χ1) is 14.0. The molecule has 0 amide bonds. The number of hydrazine groups is 1. The highest BCUT2D eigenvalue weighted by atomic mass is 32.2. The quantitative estimate of drug-likeness (QED) is 0.615. The van der Waals surface area contributed by atoms with Crippen molar-refractivity contribution < 1.29 is 0 Å². The highest BCUT2D eigenvalue weighted by Gasteiger charge is 2.24. The normalized spacial score (nSPS) is 15.7. The summed E-state index contributed by atoms with van der Waals surface area (Å²) < 4.78 is 0. The third-order valence-electron chi connectivity index (χ3n) is 5.11. The van der Waals surface area contributed by atoms with Gasteiger partial charge in [-0.3, -0.25) is 0 Å². The summed E-state index contributed by atoms with van der Waals surface area (Å²) in [5, 5.41) is 5.39. The van der Waals surface area contributed by atoms with Gasteiger partial charge in [0.1, 0.15) is 6.33 Å². The lowest BCUT2D eigenvalue weighted by atomic mass is 10.1. The van der Waals surface area contributed by atoms with Crippen molar-refractivity contribution in [2.75, 3.05) is 36.0 Å². The Labute approximate surface area is 175 Å². The molecule has 3 aromatic rings. The molecular weight excluding hydrogens is 382 g/mol.